The number of hydrogen-bond donors (Lipinski definition) is 2. The molecule has 0 bridgehead atoms. The van der Waals surface area contributed by atoms with Crippen LogP contribution in [-0.2, 0) is 10.0 Å². The summed E-state index contributed by atoms with van der Waals surface area (Å²) in [6.45, 7) is 1.88. The van der Waals surface area contributed by atoms with Gasteiger partial charge in [-0.25, -0.2) is 12.8 Å². The molecule has 0 fully saturated rings. The van der Waals surface area contributed by atoms with Crippen LogP contribution in [0.15, 0.2) is 59.5 Å². The summed E-state index contributed by atoms with van der Waals surface area (Å²) in [7, 11) is -3.70. The molecule has 1 aromatic heterocycles. The van der Waals surface area contributed by atoms with Crippen molar-refractivity contribution in [1.29, 1.82) is 0 Å². The van der Waals surface area contributed by atoms with Gasteiger partial charge in [0.2, 0.25) is 0 Å². The summed E-state index contributed by atoms with van der Waals surface area (Å²) in [5.74, 6) is -0.168. The van der Waals surface area contributed by atoms with Gasteiger partial charge in [-0.05, 0) is 48.9 Å². The number of nitrogens with zero attached hydrogens (tertiary/aromatic N) is 1. The molecule has 0 aliphatic heterocycles. The Labute approximate surface area is 133 Å². The number of rotatable bonds is 4. The van der Waals surface area contributed by atoms with Crippen LogP contribution in [0.25, 0.3) is 11.3 Å². The van der Waals surface area contributed by atoms with E-state index < -0.39 is 10.0 Å². The fourth-order valence-corrected chi connectivity index (χ4v) is 3.06. The summed E-state index contributed by atoms with van der Waals surface area (Å²) < 4.78 is 39.9. The molecule has 0 aliphatic rings. The van der Waals surface area contributed by atoms with Crippen molar-refractivity contribution >= 4 is 15.8 Å². The van der Waals surface area contributed by atoms with Gasteiger partial charge in [0.25, 0.3) is 10.0 Å². The predicted octanol–water partition coefficient (Wildman–Crippen LogP) is 3.33. The van der Waals surface area contributed by atoms with Gasteiger partial charge in [-0.15, -0.1) is 0 Å². The molecule has 3 rings (SSSR count). The van der Waals surface area contributed by atoms with Gasteiger partial charge in [0, 0.05) is 6.07 Å². The van der Waals surface area contributed by atoms with Crippen molar-refractivity contribution in [2.24, 2.45) is 0 Å². The summed E-state index contributed by atoms with van der Waals surface area (Å²) in [4.78, 5) is 0.162. The summed E-state index contributed by atoms with van der Waals surface area (Å²) in [6.07, 6.45) is 0. The Morgan fingerprint density at radius 2 is 1.70 bits per heavy atom. The van der Waals surface area contributed by atoms with Crippen molar-refractivity contribution in [3.8, 4) is 11.3 Å². The van der Waals surface area contributed by atoms with Gasteiger partial charge in [-0.3, -0.25) is 9.82 Å². The van der Waals surface area contributed by atoms with Gasteiger partial charge >= 0.3 is 0 Å². The Morgan fingerprint density at radius 3 is 2.35 bits per heavy atom. The quantitative estimate of drug-likeness (QED) is 0.770. The van der Waals surface area contributed by atoms with Crippen LogP contribution < -0.4 is 4.72 Å². The highest BCUT2D eigenvalue weighted by Gasteiger charge is 2.15. The van der Waals surface area contributed by atoms with Crippen LogP contribution in [0.3, 0.4) is 0 Å². The van der Waals surface area contributed by atoms with E-state index in [9.17, 15) is 12.8 Å². The predicted molar refractivity (Wildman–Crippen MR) is 86.0 cm³/mol. The smallest absolute Gasteiger partial charge is 0.263 e. The van der Waals surface area contributed by atoms with E-state index >= 15 is 0 Å². The van der Waals surface area contributed by atoms with Crippen LogP contribution in [0.5, 0.6) is 0 Å². The van der Waals surface area contributed by atoms with Crippen LogP contribution in [0.4, 0.5) is 10.2 Å². The third kappa shape index (κ3) is 3.40. The first kappa shape index (κ1) is 15.2. The van der Waals surface area contributed by atoms with E-state index in [2.05, 4.69) is 14.9 Å². The van der Waals surface area contributed by atoms with E-state index in [1.165, 1.54) is 24.3 Å². The lowest BCUT2D eigenvalue weighted by molar-refractivity contribution is 0.601. The second-order valence-electron chi connectivity index (χ2n) is 5.09. The fraction of sp³-hybridized carbons (Fsp3) is 0.0625. The van der Waals surface area contributed by atoms with Crippen LogP contribution >= 0.6 is 0 Å². The second-order valence-corrected chi connectivity index (χ2v) is 6.77. The molecule has 3 aromatic rings. The van der Waals surface area contributed by atoms with E-state index in [1.54, 1.807) is 30.3 Å². The van der Waals surface area contributed by atoms with Crippen molar-refractivity contribution < 1.29 is 12.8 Å². The SMILES string of the molecule is Cc1ccc(S(=O)(=O)Nc2cc(-c3ccc(F)cc3)[nH]n2)cc1. The Bertz CT molecular complexity index is 917. The normalized spacial score (nSPS) is 11.4. The first-order valence-corrected chi connectivity index (χ1v) is 8.33. The molecule has 118 valence electrons. The molecule has 7 heteroatoms. The van der Waals surface area contributed by atoms with Gasteiger partial charge in [0.05, 0.1) is 10.6 Å². The van der Waals surface area contributed by atoms with E-state index in [0.29, 0.717) is 11.3 Å². The summed E-state index contributed by atoms with van der Waals surface area (Å²) in [5, 5.41) is 6.66. The molecule has 0 atom stereocenters. The number of H-pyrrole nitrogens is 1. The zero-order chi connectivity index (χ0) is 16.4. The first-order valence-electron chi connectivity index (χ1n) is 6.85. The molecule has 2 N–H and O–H groups in total. The Balaban J connectivity index is 1.83. The molecule has 5 nitrogen and oxygen atoms in total. The third-order valence-corrected chi connectivity index (χ3v) is 4.67. The van der Waals surface area contributed by atoms with E-state index in [1.807, 2.05) is 6.92 Å². The highest BCUT2D eigenvalue weighted by molar-refractivity contribution is 7.92. The van der Waals surface area contributed by atoms with Crippen LogP contribution in [0, 0.1) is 12.7 Å². The van der Waals surface area contributed by atoms with Crippen LogP contribution in [0.1, 0.15) is 5.56 Å². The zero-order valence-electron chi connectivity index (χ0n) is 12.2. The molecule has 0 amide bonds. The van der Waals surface area contributed by atoms with Gasteiger partial charge in [-0.1, -0.05) is 17.7 Å². The number of aromatic amines is 1. The molecule has 0 saturated heterocycles. The number of sulfonamides is 1. The Kier molecular flexibility index (Phi) is 3.87. The van der Waals surface area contributed by atoms with Crippen molar-refractivity contribution in [3.63, 3.8) is 0 Å². The maximum absolute atomic E-state index is 12.9. The van der Waals surface area contributed by atoms with Crippen molar-refractivity contribution in [1.82, 2.24) is 10.2 Å². The largest absolute Gasteiger partial charge is 0.276 e. The minimum atomic E-state index is -3.70. The maximum Gasteiger partial charge on any atom is 0.263 e. The molecule has 0 spiro atoms. The molecular formula is C16H14FN3O2S. The minimum Gasteiger partial charge on any atom is -0.276 e. The maximum atomic E-state index is 12.9. The third-order valence-electron chi connectivity index (χ3n) is 3.30. The lowest BCUT2D eigenvalue weighted by Crippen LogP contribution is -2.13. The highest BCUT2D eigenvalue weighted by atomic mass is 32.2. The lowest BCUT2D eigenvalue weighted by Gasteiger charge is -2.05. The van der Waals surface area contributed by atoms with Crippen molar-refractivity contribution in [2.45, 2.75) is 11.8 Å². The fourth-order valence-electron chi connectivity index (χ4n) is 2.07. The topological polar surface area (TPSA) is 74.8 Å². The van der Waals surface area contributed by atoms with Crippen LogP contribution in [-0.4, -0.2) is 18.6 Å². The van der Waals surface area contributed by atoms with Gasteiger partial charge in [-0.2, -0.15) is 5.10 Å². The minimum absolute atomic E-state index is 0.162. The number of hydrogen-bond acceptors (Lipinski definition) is 3. The summed E-state index contributed by atoms with van der Waals surface area (Å²) >= 11 is 0. The number of benzene rings is 2. The Hall–Kier alpha value is -2.67. The van der Waals surface area contributed by atoms with E-state index in [4.69, 9.17) is 0 Å². The standard InChI is InChI=1S/C16H14FN3O2S/c1-11-2-8-14(9-3-11)23(21,22)20-16-10-15(18-19-16)12-4-6-13(17)7-5-12/h2-10H,1H3,(H2,18,19,20). The van der Waals surface area contributed by atoms with Crippen LogP contribution in [0.2, 0.25) is 0 Å². The average molecular weight is 331 g/mol. The van der Waals surface area contributed by atoms with Crippen molar-refractivity contribution in [2.75, 3.05) is 4.72 Å². The van der Waals surface area contributed by atoms with E-state index in [0.717, 1.165) is 5.56 Å². The highest BCUT2D eigenvalue weighted by Crippen LogP contribution is 2.22. The molecular weight excluding hydrogens is 317 g/mol. The van der Waals surface area contributed by atoms with Crippen molar-refractivity contribution in [3.05, 3.63) is 66.0 Å². The van der Waals surface area contributed by atoms with Gasteiger partial charge in [0.1, 0.15) is 5.82 Å². The Morgan fingerprint density at radius 1 is 1.04 bits per heavy atom. The first-order chi connectivity index (χ1) is 10.9. The molecule has 0 unspecified atom stereocenters. The number of anilines is 1. The summed E-state index contributed by atoms with van der Waals surface area (Å²) in [5.41, 5.74) is 2.27. The van der Waals surface area contributed by atoms with E-state index in [-0.39, 0.29) is 16.5 Å². The zero-order valence-corrected chi connectivity index (χ0v) is 13.1. The van der Waals surface area contributed by atoms with Gasteiger partial charge < -0.3 is 0 Å². The van der Waals surface area contributed by atoms with Gasteiger partial charge in [0.15, 0.2) is 5.82 Å². The second kappa shape index (κ2) is 5.85. The average Bonchev–Trinajstić information content (AvgIpc) is 2.96. The number of halogens is 1. The monoisotopic (exact) mass is 331 g/mol. The summed E-state index contributed by atoms with van der Waals surface area (Å²) in [6, 6.07) is 13.9. The molecule has 0 radical (unpaired) electrons. The molecule has 0 aliphatic carbocycles. The molecule has 1 heterocycles. The molecule has 23 heavy (non-hydrogen) atoms. The number of aromatic nitrogens is 2. The lowest BCUT2D eigenvalue weighted by atomic mass is 10.1. The number of aryl methyl sites for hydroxylation is 1. The molecule has 2 aromatic carbocycles. The molecule has 0 saturated carbocycles. The number of nitrogens with one attached hydrogen (secondary N) is 2.